The van der Waals surface area contributed by atoms with E-state index in [9.17, 15) is 14.4 Å². The number of hydrogen-bond donors (Lipinski definition) is 1. The molecule has 27 heavy (non-hydrogen) atoms. The zero-order chi connectivity index (χ0) is 19.8. The molecule has 0 saturated carbocycles. The van der Waals surface area contributed by atoms with Crippen molar-refractivity contribution in [2.45, 2.75) is 27.2 Å². The predicted octanol–water partition coefficient (Wildman–Crippen LogP) is 1.86. The summed E-state index contributed by atoms with van der Waals surface area (Å²) in [5, 5.41) is 2.50. The van der Waals surface area contributed by atoms with Gasteiger partial charge in [-0.15, -0.1) is 0 Å². The van der Waals surface area contributed by atoms with Crippen LogP contribution in [0.3, 0.4) is 0 Å². The third-order valence-corrected chi connectivity index (χ3v) is 4.40. The minimum Gasteiger partial charge on any atom is -0.493 e. The van der Waals surface area contributed by atoms with Crippen LogP contribution < -0.4 is 10.1 Å². The summed E-state index contributed by atoms with van der Waals surface area (Å²) in [6.45, 7) is 7.24. The van der Waals surface area contributed by atoms with E-state index in [1.807, 2.05) is 6.92 Å². The maximum atomic E-state index is 12.2. The number of benzene rings is 1. The Labute approximate surface area is 160 Å². The van der Waals surface area contributed by atoms with Crippen molar-refractivity contribution in [1.82, 2.24) is 10.2 Å². The number of nitrogens with zero attached hydrogens (tertiary/aromatic N) is 1. The SMILES string of the molecule is CCOc1ccccc1C(=O)NCC(=O)OCC(=O)N1C[C@H](C)C[C@@H](C)C1. The van der Waals surface area contributed by atoms with E-state index in [1.54, 1.807) is 29.2 Å². The molecule has 1 aromatic carbocycles. The molecule has 0 aromatic heterocycles. The zero-order valence-electron chi connectivity index (χ0n) is 16.2. The lowest BCUT2D eigenvalue weighted by Crippen LogP contribution is -2.44. The van der Waals surface area contributed by atoms with Crippen LogP contribution in [0.15, 0.2) is 24.3 Å². The van der Waals surface area contributed by atoms with Gasteiger partial charge in [0.25, 0.3) is 11.8 Å². The highest BCUT2D eigenvalue weighted by atomic mass is 16.5. The number of rotatable bonds is 7. The number of amides is 2. The zero-order valence-corrected chi connectivity index (χ0v) is 16.2. The molecule has 1 aliphatic rings. The highest BCUT2D eigenvalue weighted by Crippen LogP contribution is 2.21. The molecule has 2 atom stereocenters. The molecule has 2 amide bonds. The Morgan fingerprint density at radius 1 is 1.15 bits per heavy atom. The van der Waals surface area contributed by atoms with Gasteiger partial charge in [0.1, 0.15) is 12.3 Å². The summed E-state index contributed by atoms with van der Waals surface area (Å²) in [6, 6.07) is 6.79. The van der Waals surface area contributed by atoms with Gasteiger partial charge in [0.05, 0.1) is 12.2 Å². The number of carbonyl (C=O) groups is 3. The Morgan fingerprint density at radius 2 is 1.81 bits per heavy atom. The molecule has 0 aliphatic carbocycles. The van der Waals surface area contributed by atoms with Crippen molar-refractivity contribution in [1.29, 1.82) is 0 Å². The number of piperidine rings is 1. The van der Waals surface area contributed by atoms with Gasteiger partial charge in [-0.25, -0.2) is 0 Å². The van der Waals surface area contributed by atoms with Gasteiger partial charge in [-0.05, 0) is 37.3 Å². The van der Waals surface area contributed by atoms with Gasteiger partial charge in [0.15, 0.2) is 6.61 Å². The lowest BCUT2D eigenvalue weighted by Gasteiger charge is -2.34. The van der Waals surface area contributed by atoms with Crippen LogP contribution in [0.1, 0.15) is 37.6 Å². The quantitative estimate of drug-likeness (QED) is 0.734. The van der Waals surface area contributed by atoms with Gasteiger partial charge in [-0.2, -0.15) is 0 Å². The minimum atomic E-state index is -0.649. The van der Waals surface area contributed by atoms with Gasteiger partial charge in [0.2, 0.25) is 0 Å². The monoisotopic (exact) mass is 376 g/mol. The molecule has 1 aliphatic heterocycles. The topological polar surface area (TPSA) is 84.9 Å². The first-order chi connectivity index (χ1) is 12.9. The fourth-order valence-corrected chi connectivity index (χ4v) is 3.33. The largest absolute Gasteiger partial charge is 0.493 e. The van der Waals surface area contributed by atoms with Crippen LogP contribution in [0.4, 0.5) is 0 Å². The molecule has 148 valence electrons. The van der Waals surface area contributed by atoms with Gasteiger partial charge in [0, 0.05) is 13.1 Å². The van der Waals surface area contributed by atoms with Crippen LogP contribution in [-0.4, -0.2) is 55.5 Å². The molecule has 1 saturated heterocycles. The second kappa shape index (κ2) is 9.94. The van der Waals surface area contributed by atoms with Crippen molar-refractivity contribution in [3.63, 3.8) is 0 Å². The van der Waals surface area contributed by atoms with Crippen LogP contribution in [0.2, 0.25) is 0 Å². The van der Waals surface area contributed by atoms with E-state index in [0.29, 0.717) is 42.8 Å². The van der Waals surface area contributed by atoms with E-state index in [2.05, 4.69) is 19.2 Å². The van der Waals surface area contributed by atoms with E-state index in [1.165, 1.54) is 0 Å². The smallest absolute Gasteiger partial charge is 0.325 e. The van der Waals surface area contributed by atoms with Crippen LogP contribution >= 0.6 is 0 Å². The van der Waals surface area contributed by atoms with E-state index >= 15 is 0 Å². The number of para-hydroxylation sites is 1. The van der Waals surface area contributed by atoms with E-state index in [0.717, 1.165) is 6.42 Å². The minimum absolute atomic E-state index is 0.199. The summed E-state index contributed by atoms with van der Waals surface area (Å²) in [5.41, 5.74) is 0.347. The fraction of sp³-hybridized carbons (Fsp3) is 0.550. The number of ether oxygens (including phenoxy) is 2. The number of nitrogens with one attached hydrogen (secondary N) is 1. The number of likely N-dealkylation sites (tertiary alicyclic amines) is 1. The summed E-state index contributed by atoms with van der Waals surface area (Å²) < 4.78 is 10.4. The van der Waals surface area contributed by atoms with Crippen molar-refractivity contribution in [3.05, 3.63) is 29.8 Å². The van der Waals surface area contributed by atoms with Crippen LogP contribution in [0.25, 0.3) is 0 Å². The van der Waals surface area contributed by atoms with Crippen molar-refractivity contribution >= 4 is 17.8 Å². The third-order valence-electron chi connectivity index (χ3n) is 4.40. The summed E-state index contributed by atoms with van der Waals surface area (Å²) in [6.07, 6.45) is 1.10. The van der Waals surface area contributed by atoms with Gasteiger partial charge in [-0.3, -0.25) is 14.4 Å². The van der Waals surface area contributed by atoms with Gasteiger partial charge < -0.3 is 19.7 Å². The number of esters is 1. The normalized spacial score (nSPS) is 19.3. The Hall–Kier alpha value is -2.57. The summed E-state index contributed by atoms with van der Waals surface area (Å²) in [5.74, 6) is 0.0602. The van der Waals surface area contributed by atoms with Crippen LogP contribution in [0.5, 0.6) is 5.75 Å². The molecule has 0 spiro atoms. The molecule has 0 bridgehead atoms. The fourth-order valence-electron chi connectivity index (χ4n) is 3.33. The van der Waals surface area contributed by atoms with Crippen LogP contribution in [-0.2, 0) is 14.3 Å². The first-order valence-electron chi connectivity index (χ1n) is 9.34. The second-order valence-corrected chi connectivity index (χ2v) is 7.02. The average Bonchev–Trinajstić information content (AvgIpc) is 2.64. The van der Waals surface area contributed by atoms with E-state index < -0.39 is 11.9 Å². The number of carbonyl (C=O) groups excluding carboxylic acids is 3. The standard InChI is InChI=1S/C20H28N2O5/c1-4-26-17-8-6-5-7-16(17)20(25)21-10-19(24)27-13-18(23)22-11-14(2)9-15(3)12-22/h5-8,14-15H,4,9-13H2,1-3H3,(H,21,25)/t14-,15-/m1/s1. The molecule has 7 heteroatoms. The lowest BCUT2D eigenvalue weighted by atomic mass is 9.92. The first-order valence-corrected chi connectivity index (χ1v) is 9.34. The lowest BCUT2D eigenvalue weighted by molar-refractivity contribution is -0.152. The molecular formula is C20H28N2O5. The van der Waals surface area contributed by atoms with Crippen LogP contribution in [0, 0.1) is 11.8 Å². The van der Waals surface area contributed by atoms with E-state index in [-0.39, 0.29) is 19.1 Å². The summed E-state index contributed by atoms with van der Waals surface area (Å²) in [7, 11) is 0. The molecule has 1 heterocycles. The summed E-state index contributed by atoms with van der Waals surface area (Å²) >= 11 is 0. The van der Waals surface area contributed by atoms with Crippen molar-refractivity contribution < 1.29 is 23.9 Å². The molecule has 0 unspecified atom stereocenters. The Morgan fingerprint density at radius 3 is 2.48 bits per heavy atom. The second-order valence-electron chi connectivity index (χ2n) is 7.02. The molecule has 1 N–H and O–H groups in total. The first kappa shape index (κ1) is 20.7. The molecule has 2 rings (SSSR count). The van der Waals surface area contributed by atoms with E-state index in [4.69, 9.17) is 9.47 Å². The van der Waals surface area contributed by atoms with Gasteiger partial charge in [-0.1, -0.05) is 26.0 Å². The molecule has 7 nitrogen and oxygen atoms in total. The predicted molar refractivity (Wildman–Crippen MR) is 100 cm³/mol. The van der Waals surface area contributed by atoms with Crippen molar-refractivity contribution in [2.24, 2.45) is 11.8 Å². The van der Waals surface area contributed by atoms with Crippen molar-refractivity contribution in [3.8, 4) is 5.75 Å². The highest BCUT2D eigenvalue weighted by Gasteiger charge is 2.26. The maximum absolute atomic E-state index is 12.2. The molecule has 1 aromatic rings. The molecule has 1 fully saturated rings. The Kier molecular flexibility index (Phi) is 7.64. The molecular weight excluding hydrogens is 348 g/mol. The van der Waals surface area contributed by atoms with Crippen molar-refractivity contribution in [2.75, 3.05) is 32.8 Å². The maximum Gasteiger partial charge on any atom is 0.325 e. The van der Waals surface area contributed by atoms with Gasteiger partial charge >= 0.3 is 5.97 Å². The average molecular weight is 376 g/mol. The Bertz CT molecular complexity index is 666. The number of hydrogen-bond acceptors (Lipinski definition) is 5. The third kappa shape index (κ3) is 6.27. The highest BCUT2D eigenvalue weighted by molar-refractivity contribution is 5.98. The summed E-state index contributed by atoms with van der Waals surface area (Å²) in [4.78, 5) is 38.0. The Balaban J connectivity index is 1.77. The molecule has 0 radical (unpaired) electrons.